The molecule has 2 rings (SSSR count). The van der Waals surface area contributed by atoms with Crippen LogP contribution in [-0.4, -0.2) is 43.9 Å². The van der Waals surface area contributed by atoms with Crippen molar-refractivity contribution < 1.29 is 5.11 Å². The average molecular weight is 235 g/mol. The monoisotopic (exact) mass is 235 g/mol. The molecule has 0 aliphatic carbocycles. The largest absolute Gasteiger partial charge is 0.396 e. The Balaban J connectivity index is 2.37. The molecular weight excluding hydrogens is 218 g/mol. The molecule has 2 heterocycles. The van der Waals surface area contributed by atoms with E-state index < -0.39 is 0 Å². The number of nitrogens with zero attached hydrogens (tertiary/aromatic N) is 5. The molecule has 0 aliphatic heterocycles. The lowest BCUT2D eigenvalue weighted by Crippen LogP contribution is -2.33. The van der Waals surface area contributed by atoms with Crippen LogP contribution in [0.2, 0.25) is 0 Å². The summed E-state index contributed by atoms with van der Waals surface area (Å²) >= 11 is 0. The van der Waals surface area contributed by atoms with Gasteiger partial charge in [-0.05, 0) is 20.3 Å². The van der Waals surface area contributed by atoms with Crippen molar-refractivity contribution in [2.24, 2.45) is 0 Å². The Bertz CT molecular complexity index is 481. The van der Waals surface area contributed by atoms with Gasteiger partial charge >= 0.3 is 0 Å². The highest BCUT2D eigenvalue weighted by molar-refractivity contribution is 5.63. The van der Waals surface area contributed by atoms with Crippen LogP contribution in [0.3, 0.4) is 0 Å². The summed E-state index contributed by atoms with van der Waals surface area (Å²) in [5.74, 6) is 0.813. The minimum atomic E-state index is 0.180. The van der Waals surface area contributed by atoms with Gasteiger partial charge in [0, 0.05) is 31.6 Å². The van der Waals surface area contributed by atoms with Gasteiger partial charge in [-0.25, -0.2) is 4.98 Å². The summed E-state index contributed by atoms with van der Waals surface area (Å²) < 4.78 is 1.84. The van der Waals surface area contributed by atoms with E-state index in [1.54, 1.807) is 12.5 Å². The molecule has 0 aromatic carbocycles. The van der Waals surface area contributed by atoms with E-state index in [-0.39, 0.29) is 6.61 Å². The normalized spacial score (nSPS) is 11.3. The molecule has 92 valence electrons. The van der Waals surface area contributed by atoms with Gasteiger partial charge in [0.05, 0.1) is 0 Å². The molecule has 0 radical (unpaired) electrons. The second-order valence-electron chi connectivity index (χ2n) is 4.18. The molecule has 0 spiro atoms. The van der Waals surface area contributed by atoms with Gasteiger partial charge in [0.2, 0.25) is 5.65 Å². The van der Waals surface area contributed by atoms with Crippen molar-refractivity contribution in [1.29, 1.82) is 0 Å². The Morgan fingerprint density at radius 1 is 1.47 bits per heavy atom. The standard InChI is InChI=1S/C11H17N5O/c1-9(2)16(5-3-7-17)10-11-14-13-8-15(11)6-4-12-10/h4,6,8-9,17H,3,5,7H2,1-2H3. The molecule has 1 N–H and O–H groups in total. The van der Waals surface area contributed by atoms with E-state index in [4.69, 9.17) is 5.11 Å². The Kier molecular flexibility index (Phi) is 3.53. The molecule has 0 fully saturated rings. The first-order valence-corrected chi connectivity index (χ1v) is 5.76. The zero-order valence-electron chi connectivity index (χ0n) is 10.1. The third kappa shape index (κ3) is 2.36. The number of hydrogen-bond acceptors (Lipinski definition) is 5. The van der Waals surface area contributed by atoms with E-state index in [0.717, 1.165) is 24.4 Å². The Hall–Kier alpha value is -1.69. The van der Waals surface area contributed by atoms with Crippen molar-refractivity contribution in [3.05, 3.63) is 18.7 Å². The maximum atomic E-state index is 8.94. The fraction of sp³-hybridized carbons (Fsp3) is 0.545. The summed E-state index contributed by atoms with van der Waals surface area (Å²) in [5.41, 5.74) is 0.749. The lowest BCUT2D eigenvalue weighted by Gasteiger charge is -2.27. The second kappa shape index (κ2) is 5.09. The first-order valence-electron chi connectivity index (χ1n) is 5.76. The fourth-order valence-corrected chi connectivity index (χ4v) is 1.80. The molecule has 0 unspecified atom stereocenters. The number of rotatable bonds is 5. The van der Waals surface area contributed by atoms with Crippen LogP contribution >= 0.6 is 0 Å². The van der Waals surface area contributed by atoms with Crippen molar-refractivity contribution in [2.75, 3.05) is 18.1 Å². The van der Waals surface area contributed by atoms with E-state index in [1.807, 2.05) is 10.6 Å². The predicted molar refractivity (Wildman–Crippen MR) is 65.0 cm³/mol. The van der Waals surface area contributed by atoms with Crippen LogP contribution in [0.1, 0.15) is 20.3 Å². The maximum Gasteiger partial charge on any atom is 0.203 e. The van der Waals surface area contributed by atoms with E-state index >= 15 is 0 Å². The molecule has 0 bridgehead atoms. The summed E-state index contributed by atoms with van der Waals surface area (Å²) in [6.07, 6.45) is 5.93. The minimum absolute atomic E-state index is 0.180. The smallest absolute Gasteiger partial charge is 0.203 e. The van der Waals surface area contributed by atoms with Crippen molar-refractivity contribution >= 4 is 11.5 Å². The number of fused-ring (bicyclic) bond motifs is 1. The number of aliphatic hydroxyl groups excluding tert-OH is 1. The van der Waals surface area contributed by atoms with E-state index in [9.17, 15) is 0 Å². The van der Waals surface area contributed by atoms with Gasteiger partial charge in [0.15, 0.2) is 5.82 Å². The molecule has 0 aliphatic rings. The van der Waals surface area contributed by atoms with Crippen LogP contribution < -0.4 is 4.90 Å². The van der Waals surface area contributed by atoms with Crippen LogP contribution in [-0.2, 0) is 0 Å². The maximum absolute atomic E-state index is 8.94. The van der Waals surface area contributed by atoms with Crippen LogP contribution in [0.25, 0.3) is 5.65 Å². The first-order chi connectivity index (χ1) is 8.24. The molecule has 0 saturated heterocycles. The average Bonchev–Trinajstić information content (AvgIpc) is 2.77. The van der Waals surface area contributed by atoms with Crippen LogP contribution in [0.15, 0.2) is 18.7 Å². The SMILES string of the molecule is CC(C)N(CCCO)c1nccn2cnnc12. The fourth-order valence-electron chi connectivity index (χ4n) is 1.80. The second-order valence-corrected chi connectivity index (χ2v) is 4.18. The van der Waals surface area contributed by atoms with E-state index in [1.165, 1.54) is 0 Å². The van der Waals surface area contributed by atoms with Gasteiger partial charge in [-0.1, -0.05) is 0 Å². The van der Waals surface area contributed by atoms with Crippen molar-refractivity contribution in [1.82, 2.24) is 19.6 Å². The van der Waals surface area contributed by atoms with Gasteiger partial charge in [0.1, 0.15) is 6.33 Å². The van der Waals surface area contributed by atoms with Crippen molar-refractivity contribution in [3.8, 4) is 0 Å². The van der Waals surface area contributed by atoms with Gasteiger partial charge in [-0.2, -0.15) is 0 Å². The highest BCUT2D eigenvalue weighted by Crippen LogP contribution is 2.18. The van der Waals surface area contributed by atoms with Gasteiger partial charge in [0.25, 0.3) is 0 Å². The Labute approximate surface area is 99.9 Å². The lowest BCUT2D eigenvalue weighted by molar-refractivity contribution is 0.288. The lowest BCUT2D eigenvalue weighted by atomic mass is 10.3. The van der Waals surface area contributed by atoms with Crippen molar-refractivity contribution in [3.63, 3.8) is 0 Å². The molecular formula is C11H17N5O. The molecule has 2 aromatic rings. The number of anilines is 1. The zero-order chi connectivity index (χ0) is 12.3. The number of aliphatic hydroxyl groups is 1. The molecule has 17 heavy (non-hydrogen) atoms. The predicted octanol–water partition coefficient (Wildman–Crippen LogP) is 0.722. The summed E-state index contributed by atoms with van der Waals surface area (Å²) in [5, 5.41) is 16.9. The molecule has 0 amide bonds. The Morgan fingerprint density at radius 2 is 2.29 bits per heavy atom. The van der Waals surface area contributed by atoms with Gasteiger partial charge in [-0.15, -0.1) is 10.2 Å². The highest BCUT2D eigenvalue weighted by atomic mass is 16.3. The van der Waals surface area contributed by atoms with E-state index in [2.05, 4.69) is 33.9 Å². The highest BCUT2D eigenvalue weighted by Gasteiger charge is 2.16. The molecule has 6 heteroatoms. The van der Waals surface area contributed by atoms with Crippen LogP contribution in [0.5, 0.6) is 0 Å². The minimum Gasteiger partial charge on any atom is -0.396 e. The summed E-state index contributed by atoms with van der Waals surface area (Å²) in [6.45, 7) is 5.13. The third-order valence-corrected chi connectivity index (χ3v) is 2.65. The molecule has 0 atom stereocenters. The number of aromatic nitrogens is 4. The van der Waals surface area contributed by atoms with Crippen molar-refractivity contribution in [2.45, 2.75) is 26.3 Å². The topological polar surface area (TPSA) is 66.5 Å². The molecule has 6 nitrogen and oxygen atoms in total. The van der Waals surface area contributed by atoms with Crippen LogP contribution in [0, 0.1) is 0 Å². The summed E-state index contributed by atoms with van der Waals surface area (Å²) in [6, 6.07) is 0.303. The number of hydrogen-bond donors (Lipinski definition) is 1. The van der Waals surface area contributed by atoms with Gasteiger partial charge < -0.3 is 10.0 Å². The quantitative estimate of drug-likeness (QED) is 0.827. The third-order valence-electron chi connectivity index (χ3n) is 2.65. The molecule has 0 saturated carbocycles. The summed E-state index contributed by atoms with van der Waals surface area (Å²) in [4.78, 5) is 6.50. The molecule has 2 aromatic heterocycles. The Morgan fingerprint density at radius 3 is 3.00 bits per heavy atom. The van der Waals surface area contributed by atoms with Gasteiger partial charge in [-0.3, -0.25) is 4.40 Å². The van der Waals surface area contributed by atoms with E-state index in [0.29, 0.717) is 6.04 Å². The zero-order valence-corrected chi connectivity index (χ0v) is 10.1. The first kappa shape index (κ1) is 11.8. The summed E-state index contributed by atoms with van der Waals surface area (Å²) in [7, 11) is 0. The van der Waals surface area contributed by atoms with Crippen LogP contribution in [0.4, 0.5) is 5.82 Å².